The molecule has 0 bridgehead atoms. The summed E-state index contributed by atoms with van der Waals surface area (Å²) >= 11 is 0. The fourth-order valence-corrected chi connectivity index (χ4v) is 2.90. The van der Waals surface area contributed by atoms with Crippen LogP contribution in [-0.2, 0) is 22.6 Å². The summed E-state index contributed by atoms with van der Waals surface area (Å²) in [5.74, 6) is 0. The van der Waals surface area contributed by atoms with Gasteiger partial charge in [0.2, 0.25) is 0 Å². The molecule has 0 heterocycles. The van der Waals surface area contributed by atoms with Crippen molar-refractivity contribution in [3.05, 3.63) is 71.8 Å². The molecular formula is C21H29NO2. The van der Waals surface area contributed by atoms with E-state index in [2.05, 4.69) is 72.5 Å². The summed E-state index contributed by atoms with van der Waals surface area (Å²) in [4.78, 5) is 2.52. The van der Waals surface area contributed by atoms with E-state index in [9.17, 15) is 0 Å². The molecule has 0 N–H and O–H groups in total. The maximum Gasteiger partial charge on any atom is 0.156 e. The SMILES string of the molecule is COC(CCC(C)N(Cc1ccccc1)Cc1ccccc1)OC. The lowest BCUT2D eigenvalue weighted by Gasteiger charge is -2.30. The molecule has 0 radical (unpaired) electrons. The van der Waals surface area contributed by atoms with E-state index in [-0.39, 0.29) is 6.29 Å². The zero-order chi connectivity index (χ0) is 17.2. The highest BCUT2D eigenvalue weighted by atomic mass is 16.7. The van der Waals surface area contributed by atoms with Crippen molar-refractivity contribution in [1.82, 2.24) is 4.90 Å². The van der Waals surface area contributed by atoms with E-state index < -0.39 is 0 Å². The van der Waals surface area contributed by atoms with Crippen LogP contribution >= 0.6 is 0 Å². The number of rotatable bonds is 10. The van der Waals surface area contributed by atoms with Gasteiger partial charge >= 0.3 is 0 Å². The topological polar surface area (TPSA) is 21.7 Å². The average molecular weight is 327 g/mol. The maximum atomic E-state index is 5.33. The van der Waals surface area contributed by atoms with Crippen LogP contribution in [0.2, 0.25) is 0 Å². The number of ether oxygens (including phenoxy) is 2. The van der Waals surface area contributed by atoms with Crippen molar-refractivity contribution in [1.29, 1.82) is 0 Å². The van der Waals surface area contributed by atoms with Gasteiger partial charge in [-0.2, -0.15) is 0 Å². The standard InChI is InChI=1S/C21H29NO2/c1-18(14-15-21(23-2)24-3)22(16-19-10-6-4-7-11-19)17-20-12-8-5-9-13-20/h4-13,18,21H,14-17H2,1-3H3. The molecular weight excluding hydrogens is 298 g/mol. The molecule has 3 heteroatoms. The Hall–Kier alpha value is -1.68. The van der Waals surface area contributed by atoms with Crippen molar-refractivity contribution >= 4 is 0 Å². The average Bonchev–Trinajstić information content (AvgIpc) is 2.63. The number of benzene rings is 2. The van der Waals surface area contributed by atoms with Gasteiger partial charge in [-0.3, -0.25) is 4.90 Å². The zero-order valence-electron chi connectivity index (χ0n) is 15.0. The Morgan fingerprint density at radius 3 is 1.62 bits per heavy atom. The Bertz CT molecular complexity index is 513. The first kappa shape index (κ1) is 18.7. The van der Waals surface area contributed by atoms with Gasteiger partial charge in [-0.25, -0.2) is 0 Å². The van der Waals surface area contributed by atoms with Crippen molar-refractivity contribution in [2.24, 2.45) is 0 Å². The molecule has 0 amide bonds. The van der Waals surface area contributed by atoms with Gasteiger partial charge in [-0.05, 0) is 30.9 Å². The Morgan fingerprint density at radius 1 is 0.750 bits per heavy atom. The minimum Gasteiger partial charge on any atom is -0.356 e. The van der Waals surface area contributed by atoms with Crippen molar-refractivity contribution in [2.75, 3.05) is 14.2 Å². The van der Waals surface area contributed by atoms with E-state index in [0.717, 1.165) is 25.9 Å². The minimum absolute atomic E-state index is 0.122. The molecule has 0 aliphatic rings. The van der Waals surface area contributed by atoms with Crippen LogP contribution in [0, 0.1) is 0 Å². The number of hydrogen-bond donors (Lipinski definition) is 0. The lowest BCUT2D eigenvalue weighted by Crippen LogP contribution is -2.33. The fraction of sp³-hybridized carbons (Fsp3) is 0.429. The molecule has 0 saturated carbocycles. The minimum atomic E-state index is -0.122. The summed E-state index contributed by atoms with van der Waals surface area (Å²) in [5, 5.41) is 0. The first-order valence-electron chi connectivity index (χ1n) is 8.60. The van der Waals surface area contributed by atoms with Crippen molar-refractivity contribution in [2.45, 2.75) is 45.2 Å². The van der Waals surface area contributed by atoms with Crippen molar-refractivity contribution in [3.63, 3.8) is 0 Å². The highest BCUT2D eigenvalue weighted by Gasteiger charge is 2.17. The molecule has 2 aromatic carbocycles. The third kappa shape index (κ3) is 6.08. The number of hydrogen-bond acceptors (Lipinski definition) is 3. The molecule has 2 aromatic rings. The Kier molecular flexibility index (Phi) is 7.96. The van der Waals surface area contributed by atoms with Gasteiger partial charge < -0.3 is 9.47 Å². The molecule has 0 aromatic heterocycles. The van der Waals surface area contributed by atoms with E-state index in [4.69, 9.17) is 9.47 Å². The van der Waals surface area contributed by atoms with Crippen molar-refractivity contribution in [3.8, 4) is 0 Å². The molecule has 0 fully saturated rings. The molecule has 0 aliphatic carbocycles. The van der Waals surface area contributed by atoms with Crippen LogP contribution in [0.3, 0.4) is 0 Å². The second-order valence-corrected chi connectivity index (χ2v) is 6.20. The molecule has 0 saturated heterocycles. The predicted molar refractivity (Wildman–Crippen MR) is 98.6 cm³/mol. The first-order valence-corrected chi connectivity index (χ1v) is 8.60. The molecule has 130 valence electrons. The van der Waals surface area contributed by atoms with Crippen LogP contribution in [0.1, 0.15) is 30.9 Å². The summed E-state index contributed by atoms with van der Waals surface area (Å²) < 4.78 is 10.7. The second-order valence-electron chi connectivity index (χ2n) is 6.20. The Labute approximate surface area is 146 Å². The van der Waals surface area contributed by atoms with E-state index >= 15 is 0 Å². The summed E-state index contributed by atoms with van der Waals surface area (Å²) in [6.07, 6.45) is 1.81. The van der Waals surface area contributed by atoms with Crippen LogP contribution in [0.15, 0.2) is 60.7 Å². The van der Waals surface area contributed by atoms with Gasteiger partial charge in [0.15, 0.2) is 6.29 Å². The molecule has 2 rings (SSSR count). The van der Waals surface area contributed by atoms with E-state index in [1.54, 1.807) is 14.2 Å². The smallest absolute Gasteiger partial charge is 0.156 e. The van der Waals surface area contributed by atoms with E-state index in [1.165, 1.54) is 11.1 Å². The van der Waals surface area contributed by atoms with Gasteiger partial charge in [-0.1, -0.05) is 60.7 Å². The summed E-state index contributed by atoms with van der Waals surface area (Å²) in [6, 6.07) is 21.8. The lowest BCUT2D eigenvalue weighted by atomic mass is 10.1. The highest BCUT2D eigenvalue weighted by Crippen LogP contribution is 2.17. The van der Waals surface area contributed by atoms with Gasteiger partial charge in [0.25, 0.3) is 0 Å². The van der Waals surface area contributed by atoms with Gasteiger partial charge in [0.05, 0.1) is 0 Å². The largest absolute Gasteiger partial charge is 0.356 e. The number of nitrogens with zero attached hydrogens (tertiary/aromatic N) is 1. The zero-order valence-corrected chi connectivity index (χ0v) is 15.0. The number of methoxy groups -OCH3 is 2. The van der Waals surface area contributed by atoms with Gasteiger partial charge in [0.1, 0.15) is 0 Å². The third-order valence-corrected chi connectivity index (χ3v) is 4.43. The van der Waals surface area contributed by atoms with Gasteiger partial charge in [0, 0.05) is 33.4 Å². The Morgan fingerprint density at radius 2 is 1.21 bits per heavy atom. The molecule has 1 atom stereocenters. The quantitative estimate of drug-likeness (QED) is 0.601. The van der Waals surface area contributed by atoms with Crippen LogP contribution in [0.25, 0.3) is 0 Å². The first-order chi connectivity index (χ1) is 11.7. The normalized spacial score (nSPS) is 12.7. The van der Waals surface area contributed by atoms with Crippen molar-refractivity contribution < 1.29 is 9.47 Å². The molecule has 0 spiro atoms. The highest BCUT2D eigenvalue weighted by molar-refractivity contribution is 5.17. The van der Waals surface area contributed by atoms with E-state index in [0.29, 0.717) is 6.04 Å². The predicted octanol–water partition coefficient (Wildman–Crippen LogP) is 4.48. The lowest BCUT2D eigenvalue weighted by molar-refractivity contribution is -0.109. The molecule has 1 unspecified atom stereocenters. The summed E-state index contributed by atoms with van der Waals surface area (Å²) in [6.45, 7) is 4.18. The van der Waals surface area contributed by atoms with Crippen LogP contribution in [0.5, 0.6) is 0 Å². The molecule has 3 nitrogen and oxygen atoms in total. The van der Waals surface area contributed by atoms with Gasteiger partial charge in [-0.15, -0.1) is 0 Å². The van der Waals surface area contributed by atoms with Crippen LogP contribution < -0.4 is 0 Å². The third-order valence-electron chi connectivity index (χ3n) is 4.43. The van der Waals surface area contributed by atoms with E-state index in [1.807, 2.05) is 0 Å². The molecule has 0 aliphatic heterocycles. The summed E-state index contributed by atoms with van der Waals surface area (Å²) in [5.41, 5.74) is 2.69. The van der Waals surface area contributed by atoms with Crippen LogP contribution in [-0.4, -0.2) is 31.5 Å². The monoisotopic (exact) mass is 327 g/mol. The maximum absolute atomic E-state index is 5.33. The fourth-order valence-electron chi connectivity index (χ4n) is 2.90. The van der Waals surface area contributed by atoms with Crippen LogP contribution in [0.4, 0.5) is 0 Å². The molecule has 24 heavy (non-hydrogen) atoms. The summed E-state index contributed by atoms with van der Waals surface area (Å²) in [7, 11) is 3.40. The second kappa shape index (κ2) is 10.2. The Balaban J connectivity index is 2.03.